The molecule has 0 fully saturated rings. The van der Waals surface area contributed by atoms with Gasteiger partial charge in [0.05, 0.1) is 5.56 Å². The van der Waals surface area contributed by atoms with Gasteiger partial charge in [0.1, 0.15) is 11.9 Å². The molecule has 1 rings (SSSR count). The molecule has 1 unspecified atom stereocenters. The van der Waals surface area contributed by atoms with Crippen molar-refractivity contribution in [3.8, 4) is 6.07 Å². The normalized spacial score (nSPS) is 12.2. The summed E-state index contributed by atoms with van der Waals surface area (Å²) in [6.45, 7) is 11.4. The van der Waals surface area contributed by atoms with Crippen LogP contribution in [0.4, 0.5) is 5.82 Å². The second kappa shape index (κ2) is 6.97. The van der Waals surface area contributed by atoms with Crippen LogP contribution in [-0.2, 0) is 0 Å². The van der Waals surface area contributed by atoms with Gasteiger partial charge < -0.3 is 10.2 Å². The predicted octanol–water partition coefficient (Wildman–Crippen LogP) is 2.40. The lowest BCUT2D eigenvalue weighted by molar-refractivity contribution is 0.294. The minimum Gasteiger partial charge on any atom is -0.365 e. The quantitative estimate of drug-likeness (QED) is 0.837. The van der Waals surface area contributed by atoms with E-state index >= 15 is 0 Å². The van der Waals surface area contributed by atoms with Gasteiger partial charge in [-0.25, -0.2) is 4.98 Å². The summed E-state index contributed by atoms with van der Waals surface area (Å²) in [5, 5.41) is 12.5. The molecule has 1 N–H and O–H groups in total. The molecule has 0 aliphatic rings. The Morgan fingerprint density at radius 3 is 2.67 bits per heavy atom. The first-order chi connectivity index (χ1) is 8.62. The van der Waals surface area contributed by atoms with E-state index in [1.165, 1.54) is 0 Å². The van der Waals surface area contributed by atoms with E-state index in [2.05, 4.69) is 42.0 Å². The maximum Gasteiger partial charge on any atom is 0.144 e. The van der Waals surface area contributed by atoms with E-state index in [0.717, 1.165) is 25.2 Å². The highest BCUT2D eigenvalue weighted by molar-refractivity contribution is 5.55. The van der Waals surface area contributed by atoms with Crippen molar-refractivity contribution in [2.45, 2.75) is 33.7 Å². The zero-order valence-corrected chi connectivity index (χ0v) is 11.7. The molecular weight excluding hydrogens is 224 g/mol. The van der Waals surface area contributed by atoms with Crippen LogP contribution in [0.25, 0.3) is 0 Å². The fourth-order valence-electron chi connectivity index (χ4n) is 1.96. The van der Waals surface area contributed by atoms with Crippen LogP contribution < -0.4 is 5.32 Å². The van der Waals surface area contributed by atoms with Crippen molar-refractivity contribution in [1.29, 1.82) is 5.26 Å². The molecule has 0 spiro atoms. The number of aromatic nitrogens is 1. The van der Waals surface area contributed by atoms with Crippen molar-refractivity contribution in [1.82, 2.24) is 9.88 Å². The molecule has 0 aliphatic carbocycles. The summed E-state index contributed by atoms with van der Waals surface area (Å²) in [6.07, 6.45) is 1.74. The van der Waals surface area contributed by atoms with Crippen molar-refractivity contribution >= 4 is 5.82 Å². The average molecular weight is 246 g/mol. The predicted molar refractivity (Wildman–Crippen MR) is 74.6 cm³/mol. The highest BCUT2D eigenvalue weighted by atomic mass is 15.1. The molecule has 0 radical (unpaired) electrons. The number of likely N-dealkylation sites (N-methyl/N-ethyl adjacent to an activating group) is 1. The summed E-state index contributed by atoms with van der Waals surface area (Å²) >= 11 is 0. The molecule has 0 saturated carbocycles. The number of nitrogens with one attached hydrogen (secondary N) is 1. The van der Waals surface area contributed by atoms with Crippen LogP contribution in [0.3, 0.4) is 0 Å². The van der Waals surface area contributed by atoms with Crippen LogP contribution in [0.5, 0.6) is 0 Å². The Bertz CT molecular complexity index is 418. The fourth-order valence-corrected chi connectivity index (χ4v) is 1.96. The largest absolute Gasteiger partial charge is 0.365 e. The van der Waals surface area contributed by atoms with E-state index in [4.69, 9.17) is 5.26 Å². The van der Waals surface area contributed by atoms with Gasteiger partial charge in [-0.15, -0.1) is 0 Å². The summed E-state index contributed by atoms with van der Waals surface area (Å²) < 4.78 is 0. The molecule has 0 saturated heterocycles. The number of rotatable bonds is 6. The molecule has 1 atom stereocenters. The van der Waals surface area contributed by atoms with Crippen LogP contribution in [-0.4, -0.2) is 35.6 Å². The fraction of sp³-hybridized carbons (Fsp3) is 0.571. The van der Waals surface area contributed by atoms with E-state index in [-0.39, 0.29) is 6.04 Å². The number of nitrogens with zero attached hydrogens (tertiary/aromatic N) is 3. The second-order valence-electron chi connectivity index (χ2n) is 4.49. The second-order valence-corrected chi connectivity index (χ2v) is 4.49. The molecule has 98 valence electrons. The van der Waals surface area contributed by atoms with Gasteiger partial charge in [-0.2, -0.15) is 5.26 Å². The Hall–Kier alpha value is -1.60. The first-order valence-electron chi connectivity index (χ1n) is 6.46. The number of pyridine rings is 1. The Balaban J connectivity index is 2.73. The third kappa shape index (κ3) is 3.71. The highest BCUT2D eigenvalue weighted by Gasteiger charge is 2.11. The lowest BCUT2D eigenvalue weighted by atomic mass is 10.1. The molecule has 1 aromatic rings. The topological polar surface area (TPSA) is 52.0 Å². The van der Waals surface area contributed by atoms with Crippen LogP contribution in [0.15, 0.2) is 12.3 Å². The summed E-state index contributed by atoms with van der Waals surface area (Å²) in [6, 6.07) is 4.34. The first-order valence-corrected chi connectivity index (χ1v) is 6.46. The number of hydrogen-bond acceptors (Lipinski definition) is 4. The van der Waals surface area contributed by atoms with Crippen molar-refractivity contribution < 1.29 is 0 Å². The van der Waals surface area contributed by atoms with Crippen LogP contribution in [0.1, 0.15) is 31.9 Å². The minimum atomic E-state index is 0.270. The molecule has 0 aliphatic heterocycles. The van der Waals surface area contributed by atoms with E-state index in [9.17, 15) is 0 Å². The zero-order valence-electron chi connectivity index (χ0n) is 11.7. The first kappa shape index (κ1) is 14.5. The van der Waals surface area contributed by atoms with E-state index < -0.39 is 0 Å². The van der Waals surface area contributed by atoms with Gasteiger partial charge in [0, 0.05) is 18.8 Å². The molecule has 18 heavy (non-hydrogen) atoms. The summed E-state index contributed by atoms with van der Waals surface area (Å²) in [5.74, 6) is 0.692. The van der Waals surface area contributed by atoms with Gasteiger partial charge in [-0.1, -0.05) is 13.8 Å². The summed E-state index contributed by atoms with van der Waals surface area (Å²) in [7, 11) is 0. The Kier molecular flexibility index (Phi) is 5.60. The molecule has 0 aromatic carbocycles. The maximum atomic E-state index is 9.15. The van der Waals surface area contributed by atoms with Gasteiger partial charge in [0.2, 0.25) is 0 Å². The van der Waals surface area contributed by atoms with E-state index in [0.29, 0.717) is 11.4 Å². The SMILES string of the molecule is CCN(CC)CC(C)Nc1nccc(C)c1C#N. The summed E-state index contributed by atoms with van der Waals surface area (Å²) in [4.78, 5) is 6.60. The lowest BCUT2D eigenvalue weighted by Gasteiger charge is -2.24. The molecule has 0 amide bonds. The standard InChI is InChI=1S/C14H22N4/c1-5-18(6-2)10-12(4)17-14-13(9-15)11(3)7-8-16-14/h7-8,12H,5-6,10H2,1-4H3,(H,16,17). The van der Waals surface area contributed by atoms with E-state index in [1.54, 1.807) is 6.20 Å². The van der Waals surface area contributed by atoms with Gasteiger partial charge in [-0.3, -0.25) is 0 Å². The summed E-state index contributed by atoms with van der Waals surface area (Å²) in [5.41, 5.74) is 1.61. The third-order valence-corrected chi connectivity index (χ3v) is 3.08. The highest BCUT2D eigenvalue weighted by Crippen LogP contribution is 2.16. The lowest BCUT2D eigenvalue weighted by Crippen LogP contribution is -2.35. The monoisotopic (exact) mass is 246 g/mol. The van der Waals surface area contributed by atoms with Gasteiger partial charge in [-0.05, 0) is 38.6 Å². The average Bonchev–Trinajstić information content (AvgIpc) is 2.36. The van der Waals surface area contributed by atoms with Crippen molar-refractivity contribution in [2.75, 3.05) is 25.0 Å². The van der Waals surface area contributed by atoms with Crippen LogP contribution in [0.2, 0.25) is 0 Å². The van der Waals surface area contributed by atoms with Gasteiger partial charge in [0.15, 0.2) is 0 Å². The molecule has 1 aromatic heterocycles. The Labute approximate surface area is 110 Å². The van der Waals surface area contributed by atoms with E-state index in [1.807, 2.05) is 13.0 Å². The van der Waals surface area contributed by atoms with Crippen LogP contribution >= 0.6 is 0 Å². The molecule has 4 heteroatoms. The molecule has 0 bridgehead atoms. The zero-order chi connectivity index (χ0) is 13.5. The van der Waals surface area contributed by atoms with Gasteiger partial charge in [0.25, 0.3) is 0 Å². The van der Waals surface area contributed by atoms with Gasteiger partial charge >= 0.3 is 0 Å². The third-order valence-electron chi connectivity index (χ3n) is 3.08. The smallest absolute Gasteiger partial charge is 0.144 e. The maximum absolute atomic E-state index is 9.15. The van der Waals surface area contributed by atoms with Crippen molar-refractivity contribution in [3.63, 3.8) is 0 Å². The minimum absolute atomic E-state index is 0.270. The Morgan fingerprint density at radius 2 is 2.11 bits per heavy atom. The van der Waals surface area contributed by atoms with Crippen molar-refractivity contribution in [3.05, 3.63) is 23.4 Å². The molecule has 4 nitrogen and oxygen atoms in total. The van der Waals surface area contributed by atoms with Crippen LogP contribution in [0, 0.1) is 18.3 Å². The number of aryl methyl sites for hydroxylation is 1. The number of anilines is 1. The van der Waals surface area contributed by atoms with Crippen molar-refractivity contribution in [2.24, 2.45) is 0 Å². The Morgan fingerprint density at radius 1 is 1.44 bits per heavy atom. The molecule has 1 heterocycles. The molecular formula is C14H22N4. The number of nitriles is 1. The number of hydrogen-bond donors (Lipinski definition) is 1.